The number of hydrogen-bond acceptors (Lipinski definition) is 4. The van der Waals surface area contributed by atoms with Gasteiger partial charge in [-0.3, -0.25) is 0 Å². The van der Waals surface area contributed by atoms with Crippen LogP contribution < -0.4 is 5.32 Å². The molecular weight excluding hydrogens is 177 g/mol. The van der Waals surface area contributed by atoms with Gasteiger partial charge in [0.05, 0.1) is 0 Å². The van der Waals surface area contributed by atoms with Crippen LogP contribution in [0.25, 0.3) is 0 Å². The molecule has 0 spiro atoms. The van der Waals surface area contributed by atoms with Gasteiger partial charge in [-0.15, -0.1) is 10.2 Å². The van der Waals surface area contributed by atoms with Crippen molar-refractivity contribution in [3.63, 3.8) is 0 Å². The molecule has 0 fully saturated rings. The fourth-order valence-electron chi connectivity index (χ4n) is 0.716. The molecule has 13 heavy (non-hydrogen) atoms. The van der Waals surface area contributed by atoms with E-state index < -0.39 is 12.6 Å². The molecule has 0 radical (unpaired) electrons. The van der Waals surface area contributed by atoms with Crippen molar-refractivity contribution in [1.29, 1.82) is 0 Å². The van der Waals surface area contributed by atoms with Gasteiger partial charge in [-0.1, -0.05) is 0 Å². The lowest BCUT2D eigenvalue weighted by Gasteiger charge is -2.00. The summed E-state index contributed by atoms with van der Waals surface area (Å²) in [6.45, 7) is -0.372. The van der Waals surface area contributed by atoms with Crippen LogP contribution in [0.15, 0.2) is 12.1 Å². The second-order valence-corrected chi connectivity index (χ2v) is 2.22. The Morgan fingerprint density at radius 2 is 2.31 bits per heavy atom. The molecule has 0 saturated heterocycles. The average molecular weight is 185 g/mol. The van der Waals surface area contributed by atoms with Crippen LogP contribution >= 0.6 is 0 Å². The third kappa shape index (κ3) is 2.66. The highest BCUT2D eigenvalue weighted by molar-refractivity contribution is 5.85. The van der Waals surface area contributed by atoms with Crippen LogP contribution in [0.4, 0.5) is 10.2 Å². The summed E-state index contributed by atoms with van der Waals surface area (Å²) in [5.41, 5.74) is -0.134. The maximum atomic E-state index is 11.7. The minimum Gasteiger partial charge on any atom is -0.476 e. The monoisotopic (exact) mass is 185 g/mol. The van der Waals surface area contributed by atoms with Gasteiger partial charge in [-0.05, 0) is 12.1 Å². The topological polar surface area (TPSA) is 75.1 Å². The molecule has 0 aromatic carbocycles. The van der Waals surface area contributed by atoms with Crippen LogP contribution in [-0.2, 0) is 0 Å². The van der Waals surface area contributed by atoms with E-state index in [1.54, 1.807) is 0 Å². The quantitative estimate of drug-likeness (QED) is 0.716. The van der Waals surface area contributed by atoms with Crippen molar-refractivity contribution in [3.05, 3.63) is 17.8 Å². The molecular formula is C7H8FN3O2. The molecule has 1 heterocycles. The van der Waals surface area contributed by atoms with Crippen molar-refractivity contribution >= 4 is 11.8 Å². The Bertz CT molecular complexity index is 288. The van der Waals surface area contributed by atoms with E-state index >= 15 is 0 Å². The maximum absolute atomic E-state index is 11.7. The van der Waals surface area contributed by atoms with Gasteiger partial charge in [0, 0.05) is 6.54 Å². The van der Waals surface area contributed by atoms with Gasteiger partial charge >= 0.3 is 5.97 Å². The number of nitrogens with one attached hydrogen (secondary N) is 1. The molecule has 0 saturated carbocycles. The van der Waals surface area contributed by atoms with Gasteiger partial charge in [-0.2, -0.15) is 0 Å². The Hall–Kier alpha value is -1.72. The first-order chi connectivity index (χ1) is 6.24. The summed E-state index contributed by atoms with van der Waals surface area (Å²) in [5, 5.41) is 18.0. The third-order valence-electron chi connectivity index (χ3n) is 1.28. The Labute approximate surface area is 73.6 Å². The Morgan fingerprint density at radius 3 is 2.77 bits per heavy atom. The number of nitrogens with zero attached hydrogens (tertiary/aromatic N) is 2. The fraction of sp³-hybridized carbons (Fsp3) is 0.286. The van der Waals surface area contributed by atoms with E-state index in [0.29, 0.717) is 5.82 Å². The van der Waals surface area contributed by atoms with Gasteiger partial charge in [0.2, 0.25) is 0 Å². The molecule has 0 bridgehead atoms. The summed E-state index contributed by atoms with van der Waals surface area (Å²) >= 11 is 0. The molecule has 0 aliphatic heterocycles. The molecule has 70 valence electrons. The van der Waals surface area contributed by atoms with Crippen LogP contribution in [0.5, 0.6) is 0 Å². The molecule has 0 amide bonds. The van der Waals surface area contributed by atoms with Crippen molar-refractivity contribution < 1.29 is 14.3 Å². The van der Waals surface area contributed by atoms with E-state index in [2.05, 4.69) is 15.5 Å². The Morgan fingerprint density at radius 1 is 1.54 bits per heavy atom. The predicted molar refractivity (Wildman–Crippen MR) is 43.5 cm³/mol. The number of alkyl halides is 1. The number of carbonyl (C=O) groups is 1. The van der Waals surface area contributed by atoms with Crippen LogP contribution in [0.1, 0.15) is 10.5 Å². The maximum Gasteiger partial charge on any atom is 0.356 e. The Kier molecular flexibility index (Phi) is 3.13. The zero-order valence-electron chi connectivity index (χ0n) is 6.70. The smallest absolute Gasteiger partial charge is 0.356 e. The first-order valence-electron chi connectivity index (χ1n) is 3.61. The molecule has 0 unspecified atom stereocenters. The molecule has 1 aromatic rings. The minimum atomic E-state index is -1.13. The Balaban J connectivity index is 2.64. The lowest BCUT2D eigenvalue weighted by Crippen LogP contribution is -2.07. The summed E-state index contributed by atoms with van der Waals surface area (Å²) < 4.78 is 11.7. The highest BCUT2D eigenvalue weighted by Crippen LogP contribution is 2.00. The summed E-state index contributed by atoms with van der Waals surface area (Å²) in [5.74, 6) is -0.771. The molecule has 1 aromatic heterocycles. The summed E-state index contributed by atoms with van der Waals surface area (Å²) in [6, 6.07) is 2.74. The van der Waals surface area contributed by atoms with Crippen molar-refractivity contribution in [3.8, 4) is 0 Å². The van der Waals surface area contributed by atoms with E-state index in [1.807, 2.05) is 0 Å². The van der Waals surface area contributed by atoms with E-state index in [0.717, 1.165) is 0 Å². The van der Waals surface area contributed by atoms with E-state index in [4.69, 9.17) is 5.11 Å². The number of rotatable bonds is 4. The minimum absolute atomic E-state index is 0.134. The van der Waals surface area contributed by atoms with Crippen LogP contribution in [0, 0.1) is 0 Å². The fourth-order valence-corrected chi connectivity index (χ4v) is 0.716. The van der Waals surface area contributed by atoms with Gasteiger partial charge in [-0.25, -0.2) is 9.18 Å². The number of aromatic nitrogens is 2. The van der Waals surface area contributed by atoms with Crippen molar-refractivity contribution in [2.45, 2.75) is 0 Å². The zero-order chi connectivity index (χ0) is 9.68. The van der Waals surface area contributed by atoms with Crippen molar-refractivity contribution in [2.24, 2.45) is 0 Å². The van der Waals surface area contributed by atoms with Gasteiger partial charge < -0.3 is 10.4 Å². The molecule has 0 atom stereocenters. The molecule has 0 aliphatic rings. The number of aromatic carboxylic acids is 1. The highest BCUT2D eigenvalue weighted by atomic mass is 19.1. The summed E-state index contributed by atoms with van der Waals surface area (Å²) in [7, 11) is 0. The zero-order valence-corrected chi connectivity index (χ0v) is 6.70. The lowest BCUT2D eigenvalue weighted by atomic mass is 10.4. The SMILES string of the molecule is O=C(O)c1ccc(NCCF)nn1. The number of carboxylic acid groups (broad SMARTS) is 1. The molecule has 6 heteroatoms. The van der Waals surface area contributed by atoms with E-state index in [9.17, 15) is 9.18 Å². The van der Waals surface area contributed by atoms with Gasteiger partial charge in [0.25, 0.3) is 0 Å². The van der Waals surface area contributed by atoms with Crippen molar-refractivity contribution in [1.82, 2.24) is 10.2 Å². The van der Waals surface area contributed by atoms with E-state index in [1.165, 1.54) is 12.1 Å². The summed E-state index contributed by atoms with van der Waals surface area (Å²) in [4.78, 5) is 10.3. The number of hydrogen-bond donors (Lipinski definition) is 2. The first-order valence-corrected chi connectivity index (χ1v) is 3.61. The second-order valence-electron chi connectivity index (χ2n) is 2.22. The van der Waals surface area contributed by atoms with E-state index in [-0.39, 0.29) is 12.2 Å². The van der Waals surface area contributed by atoms with Gasteiger partial charge in [0.15, 0.2) is 5.69 Å². The van der Waals surface area contributed by atoms with Gasteiger partial charge in [0.1, 0.15) is 12.5 Å². The highest BCUT2D eigenvalue weighted by Gasteiger charge is 2.03. The lowest BCUT2D eigenvalue weighted by molar-refractivity contribution is 0.0689. The van der Waals surface area contributed by atoms with Crippen LogP contribution in [-0.4, -0.2) is 34.5 Å². The van der Waals surface area contributed by atoms with Crippen LogP contribution in [0.2, 0.25) is 0 Å². The molecule has 1 rings (SSSR count). The van der Waals surface area contributed by atoms with Crippen molar-refractivity contribution in [2.75, 3.05) is 18.5 Å². The molecule has 2 N–H and O–H groups in total. The number of carboxylic acids is 1. The molecule has 5 nitrogen and oxygen atoms in total. The average Bonchev–Trinajstić information content (AvgIpc) is 2.15. The van der Waals surface area contributed by atoms with Crippen LogP contribution in [0.3, 0.4) is 0 Å². The number of anilines is 1. The second kappa shape index (κ2) is 4.34. The third-order valence-corrected chi connectivity index (χ3v) is 1.28. The molecule has 0 aliphatic carbocycles. The predicted octanol–water partition coefficient (Wildman–Crippen LogP) is 0.556. The first kappa shape index (κ1) is 9.37. The normalized spacial score (nSPS) is 9.62. The summed E-state index contributed by atoms with van der Waals surface area (Å²) in [6.07, 6.45) is 0. The standard InChI is InChI=1S/C7H8FN3O2/c8-3-4-9-6-2-1-5(7(12)13)10-11-6/h1-2H,3-4H2,(H,9,11)(H,12,13). The number of halogens is 1. The largest absolute Gasteiger partial charge is 0.476 e.